The van der Waals surface area contributed by atoms with Crippen LogP contribution in [0.4, 0.5) is 0 Å². The monoisotopic (exact) mass is 652 g/mol. The van der Waals surface area contributed by atoms with E-state index in [9.17, 15) is 5.26 Å². The average molecular weight is 653 g/mol. The maximum Gasteiger partial charge on any atom is 0.160 e. The number of hydrogen-bond acceptors (Lipinski definition) is 5. The molecule has 5 nitrogen and oxygen atoms in total. The lowest BCUT2D eigenvalue weighted by atomic mass is 9.93. The Bertz CT molecular complexity index is 2670. The van der Waals surface area contributed by atoms with Crippen molar-refractivity contribution in [2.75, 3.05) is 0 Å². The highest BCUT2D eigenvalue weighted by atomic mass is 16.3. The van der Waals surface area contributed by atoms with Crippen molar-refractivity contribution in [1.29, 1.82) is 5.26 Å². The summed E-state index contributed by atoms with van der Waals surface area (Å²) in [4.78, 5) is 14.4. The molecule has 0 saturated carbocycles. The lowest BCUT2D eigenvalue weighted by Crippen LogP contribution is -1.95. The number of furan rings is 1. The van der Waals surface area contributed by atoms with Gasteiger partial charge in [0.2, 0.25) is 0 Å². The number of aromatic nitrogens is 3. The smallest absolute Gasteiger partial charge is 0.160 e. The first-order chi connectivity index (χ1) is 25.2. The van der Waals surface area contributed by atoms with Gasteiger partial charge in [0.05, 0.1) is 23.0 Å². The average Bonchev–Trinajstić information content (AvgIpc) is 3.58. The normalized spacial score (nSPS) is 11.1. The third-order valence-corrected chi connectivity index (χ3v) is 9.21. The summed E-state index contributed by atoms with van der Waals surface area (Å²) < 4.78 is 6.24. The Morgan fingerprint density at radius 3 is 1.65 bits per heavy atom. The Kier molecular flexibility index (Phi) is 7.46. The van der Waals surface area contributed by atoms with Gasteiger partial charge in [0.15, 0.2) is 5.82 Å². The van der Waals surface area contributed by atoms with Gasteiger partial charge in [0, 0.05) is 45.4 Å². The van der Waals surface area contributed by atoms with E-state index < -0.39 is 0 Å². The number of benzene rings is 6. The lowest BCUT2D eigenvalue weighted by Gasteiger charge is -2.12. The molecule has 0 aliphatic heterocycles. The highest BCUT2D eigenvalue weighted by molar-refractivity contribution is 6.06. The molecule has 0 aliphatic rings. The molecule has 6 aromatic carbocycles. The molecule has 0 N–H and O–H groups in total. The molecular formula is C46H28N4O. The van der Waals surface area contributed by atoms with Crippen molar-refractivity contribution in [2.45, 2.75) is 0 Å². The molecule has 9 aromatic rings. The van der Waals surface area contributed by atoms with Crippen molar-refractivity contribution in [3.63, 3.8) is 0 Å². The summed E-state index contributed by atoms with van der Waals surface area (Å²) in [6.45, 7) is 0. The predicted molar refractivity (Wildman–Crippen MR) is 204 cm³/mol. The molecule has 5 heteroatoms. The van der Waals surface area contributed by atoms with Crippen LogP contribution in [0.25, 0.3) is 89.2 Å². The first-order valence-corrected chi connectivity index (χ1v) is 16.7. The molecule has 3 aromatic heterocycles. The van der Waals surface area contributed by atoms with Crippen LogP contribution in [0.2, 0.25) is 0 Å². The van der Waals surface area contributed by atoms with E-state index in [0.717, 1.165) is 77.8 Å². The third kappa shape index (κ3) is 5.82. The fourth-order valence-electron chi connectivity index (χ4n) is 6.59. The second-order valence-electron chi connectivity index (χ2n) is 12.4. The second-order valence-corrected chi connectivity index (χ2v) is 12.4. The van der Waals surface area contributed by atoms with E-state index in [2.05, 4.69) is 96.0 Å². The van der Waals surface area contributed by atoms with E-state index in [1.807, 2.05) is 72.9 Å². The molecule has 0 spiro atoms. The zero-order valence-electron chi connectivity index (χ0n) is 27.4. The molecule has 0 radical (unpaired) electrons. The summed E-state index contributed by atoms with van der Waals surface area (Å²) in [6.07, 6.45) is 3.69. The van der Waals surface area contributed by atoms with Gasteiger partial charge in [-0.15, -0.1) is 0 Å². The molecule has 3 heterocycles. The quantitative estimate of drug-likeness (QED) is 0.179. The van der Waals surface area contributed by atoms with Gasteiger partial charge in [-0.3, -0.25) is 4.98 Å². The maximum absolute atomic E-state index is 9.38. The molecule has 0 amide bonds. The van der Waals surface area contributed by atoms with Crippen molar-refractivity contribution in [3.05, 3.63) is 176 Å². The van der Waals surface area contributed by atoms with Gasteiger partial charge in [0.1, 0.15) is 11.2 Å². The van der Waals surface area contributed by atoms with Crippen LogP contribution >= 0.6 is 0 Å². The van der Waals surface area contributed by atoms with Crippen LogP contribution < -0.4 is 0 Å². The highest BCUT2D eigenvalue weighted by Crippen LogP contribution is 2.37. The van der Waals surface area contributed by atoms with Gasteiger partial charge < -0.3 is 4.42 Å². The highest BCUT2D eigenvalue weighted by Gasteiger charge is 2.14. The van der Waals surface area contributed by atoms with Crippen molar-refractivity contribution < 1.29 is 4.42 Å². The van der Waals surface area contributed by atoms with E-state index in [4.69, 9.17) is 14.4 Å². The minimum Gasteiger partial charge on any atom is -0.456 e. The Morgan fingerprint density at radius 1 is 0.431 bits per heavy atom. The van der Waals surface area contributed by atoms with Gasteiger partial charge in [-0.25, -0.2) is 9.97 Å². The Balaban J connectivity index is 1.13. The van der Waals surface area contributed by atoms with Crippen LogP contribution in [0.1, 0.15) is 5.56 Å². The number of rotatable bonds is 6. The summed E-state index contributed by atoms with van der Waals surface area (Å²) in [6, 6.07) is 55.7. The molecule has 0 atom stereocenters. The van der Waals surface area contributed by atoms with E-state index in [1.54, 1.807) is 12.3 Å². The van der Waals surface area contributed by atoms with Crippen molar-refractivity contribution in [1.82, 2.24) is 15.0 Å². The minimum atomic E-state index is 0.578. The van der Waals surface area contributed by atoms with Crippen molar-refractivity contribution >= 4 is 21.9 Å². The molecule has 9 rings (SSSR count). The second kappa shape index (κ2) is 12.7. The first kappa shape index (κ1) is 29.9. The van der Waals surface area contributed by atoms with E-state index >= 15 is 0 Å². The van der Waals surface area contributed by atoms with Gasteiger partial charge in [-0.05, 0) is 88.5 Å². The number of pyridine rings is 1. The number of fused-ring (bicyclic) bond motifs is 3. The molecule has 0 saturated heterocycles. The Morgan fingerprint density at radius 2 is 0.980 bits per heavy atom. The van der Waals surface area contributed by atoms with E-state index in [-0.39, 0.29) is 0 Å². The fraction of sp³-hybridized carbons (Fsp3) is 0. The topological polar surface area (TPSA) is 75.6 Å². The van der Waals surface area contributed by atoms with Crippen LogP contribution in [0.15, 0.2) is 175 Å². The number of hydrogen-bond donors (Lipinski definition) is 0. The third-order valence-electron chi connectivity index (χ3n) is 9.21. The molecule has 0 bridgehead atoms. The fourth-order valence-corrected chi connectivity index (χ4v) is 6.59. The van der Waals surface area contributed by atoms with Gasteiger partial charge >= 0.3 is 0 Å². The number of nitrogens with zero attached hydrogens (tertiary/aromatic N) is 4. The van der Waals surface area contributed by atoms with Crippen LogP contribution in [-0.4, -0.2) is 15.0 Å². The van der Waals surface area contributed by atoms with Crippen LogP contribution in [0.5, 0.6) is 0 Å². The zero-order chi connectivity index (χ0) is 34.1. The SMILES string of the molecule is N#Cc1ccc2c(c1)oc1cc(-c3cc(-c4ccc(-c5cc(-c6ccccc6)nc(-c6ccccc6)n5)cc4)cc(-c4cccnc4)c3)ccc12. The van der Waals surface area contributed by atoms with Gasteiger partial charge in [-0.2, -0.15) is 5.26 Å². The van der Waals surface area contributed by atoms with Crippen molar-refractivity contribution in [3.8, 4) is 73.4 Å². The Labute approximate surface area is 294 Å². The Hall–Kier alpha value is -7.16. The van der Waals surface area contributed by atoms with Crippen LogP contribution in [0, 0.1) is 11.3 Å². The molecule has 0 fully saturated rings. The molecular weight excluding hydrogens is 625 g/mol. The maximum atomic E-state index is 9.38. The summed E-state index contributed by atoms with van der Waals surface area (Å²) in [5, 5.41) is 11.4. The van der Waals surface area contributed by atoms with Crippen molar-refractivity contribution in [2.24, 2.45) is 0 Å². The summed E-state index contributed by atoms with van der Waals surface area (Å²) in [5.74, 6) is 0.691. The first-order valence-electron chi connectivity index (χ1n) is 16.7. The molecule has 0 unspecified atom stereocenters. The standard InChI is InChI=1S/C46H28N4O/c47-28-30-13-19-40-41-20-18-35(26-45(41)51-44(40)22-30)38-23-37(24-39(25-38)36-12-7-21-48-29-36)31-14-16-33(17-15-31)43-27-42(32-8-3-1-4-9-32)49-46(50-43)34-10-5-2-6-11-34/h1-27,29H. The summed E-state index contributed by atoms with van der Waals surface area (Å²) >= 11 is 0. The van der Waals surface area contributed by atoms with E-state index in [0.29, 0.717) is 17.0 Å². The molecule has 51 heavy (non-hydrogen) atoms. The summed E-state index contributed by atoms with van der Waals surface area (Å²) in [7, 11) is 0. The van der Waals surface area contributed by atoms with E-state index in [1.165, 1.54) is 0 Å². The molecule has 238 valence electrons. The van der Waals surface area contributed by atoms with Gasteiger partial charge in [-0.1, -0.05) is 97.1 Å². The lowest BCUT2D eigenvalue weighted by molar-refractivity contribution is 0.669. The summed E-state index contributed by atoms with van der Waals surface area (Å²) in [5.41, 5.74) is 13.2. The number of nitriles is 1. The minimum absolute atomic E-state index is 0.578. The van der Waals surface area contributed by atoms with Gasteiger partial charge in [0.25, 0.3) is 0 Å². The van der Waals surface area contributed by atoms with Crippen LogP contribution in [0.3, 0.4) is 0 Å². The van der Waals surface area contributed by atoms with Crippen LogP contribution in [-0.2, 0) is 0 Å². The largest absolute Gasteiger partial charge is 0.456 e. The molecule has 0 aliphatic carbocycles. The zero-order valence-corrected chi connectivity index (χ0v) is 27.4. The predicted octanol–water partition coefficient (Wildman–Crippen LogP) is 11.6.